The largest absolute Gasteiger partial charge is 0.334 e. The van der Waals surface area contributed by atoms with Gasteiger partial charge in [0.05, 0.1) is 5.56 Å². The third-order valence-corrected chi connectivity index (χ3v) is 7.49. The molecule has 1 aliphatic carbocycles. The predicted octanol–water partition coefficient (Wildman–Crippen LogP) is 6.00. The van der Waals surface area contributed by atoms with E-state index in [0.717, 1.165) is 42.5 Å². The Labute approximate surface area is 239 Å². The Morgan fingerprint density at radius 3 is 2.49 bits per heavy atom. The number of aryl methyl sites for hydroxylation is 1. The van der Waals surface area contributed by atoms with Crippen molar-refractivity contribution in [2.75, 3.05) is 4.90 Å². The summed E-state index contributed by atoms with van der Waals surface area (Å²) in [6.45, 7) is 0.438. The van der Waals surface area contributed by atoms with Crippen molar-refractivity contribution in [3.63, 3.8) is 0 Å². The van der Waals surface area contributed by atoms with Crippen molar-refractivity contribution in [1.29, 1.82) is 5.26 Å². The number of anilines is 1. The maximum absolute atomic E-state index is 13.6. The van der Waals surface area contributed by atoms with Crippen molar-refractivity contribution in [1.82, 2.24) is 14.9 Å². The Bertz CT molecular complexity index is 1600. The van der Waals surface area contributed by atoms with E-state index in [1.807, 2.05) is 77.8 Å². The molecule has 1 aliphatic rings. The van der Waals surface area contributed by atoms with Gasteiger partial charge in [-0.25, -0.2) is 14.8 Å². The zero-order chi connectivity index (χ0) is 28.6. The third-order valence-electron chi connectivity index (χ3n) is 7.49. The lowest BCUT2D eigenvalue weighted by Gasteiger charge is -2.36. The van der Waals surface area contributed by atoms with Crippen molar-refractivity contribution in [3.05, 3.63) is 113 Å². The highest BCUT2D eigenvalue weighted by molar-refractivity contribution is 5.93. The third kappa shape index (κ3) is 6.76. The van der Waals surface area contributed by atoms with Gasteiger partial charge in [-0.05, 0) is 79.1 Å². The summed E-state index contributed by atoms with van der Waals surface area (Å²) >= 11 is 0. The van der Waals surface area contributed by atoms with E-state index in [4.69, 9.17) is 5.26 Å². The van der Waals surface area contributed by atoms with E-state index in [1.165, 1.54) is 6.20 Å². The summed E-state index contributed by atoms with van der Waals surface area (Å²) in [6, 6.07) is 26.6. The van der Waals surface area contributed by atoms with E-state index in [-0.39, 0.29) is 23.6 Å². The summed E-state index contributed by atoms with van der Waals surface area (Å²) < 4.78 is 1.56. The van der Waals surface area contributed by atoms with Crippen molar-refractivity contribution in [2.45, 2.75) is 38.3 Å². The van der Waals surface area contributed by atoms with Crippen LogP contribution in [0.2, 0.25) is 0 Å². The number of rotatable bonds is 7. The first-order chi connectivity index (χ1) is 20.0. The van der Waals surface area contributed by atoms with Crippen LogP contribution < -0.4 is 15.8 Å². The molecule has 1 saturated carbocycles. The van der Waals surface area contributed by atoms with Gasteiger partial charge in [0.15, 0.2) is 5.82 Å². The molecule has 0 bridgehead atoms. The molecule has 1 fully saturated rings. The number of aromatic nitrogens is 2. The summed E-state index contributed by atoms with van der Waals surface area (Å²) in [6.07, 6.45) is 8.65. The monoisotopic (exact) mass is 544 g/mol. The minimum atomic E-state index is -0.142. The number of hydrogen-bond donors (Lipinski definition) is 1. The van der Waals surface area contributed by atoms with Crippen LogP contribution in [0.3, 0.4) is 0 Å². The SMILES string of the molecule is Cn1cccc(-c2ccc(N(C(=O)NCc3ccccc3)C3CCC(C=Nc4ccc(C#N)cn4)CC3)cc2)c1=O. The molecule has 2 aromatic carbocycles. The Morgan fingerprint density at radius 2 is 1.80 bits per heavy atom. The number of pyridine rings is 2. The molecule has 1 N–H and O–H groups in total. The molecule has 0 saturated heterocycles. The number of hydrogen-bond acceptors (Lipinski definition) is 5. The lowest BCUT2D eigenvalue weighted by Crippen LogP contribution is -2.47. The summed E-state index contributed by atoms with van der Waals surface area (Å²) in [7, 11) is 1.74. The van der Waals surface area contributed by atoms with Crippen LogP contribution in [-0.2, 0) is 13.6 Å². The second-order valence-corrected chi connectivity index (χ2v) is 10.3. The average molecular weight is 545 g/mol. The zero-order valence-electron chi connectivity index (χ0n) is 23.0. The second kappa shape index (κ2) is 12.9. The van der Waals surface area contributed by atoms with E-state index in [1.54, 1.807) is 29.9 Å². The molecule has 4 aromatic rings. The lowest BCUT2D eigenvalue weighted by atomic mass is 9.86. The lowest BCUT2D eigenvalue weighted by molar-refractivity contribution is 0.240. The number of urea groups is 1. The number of nitrogens with one attached hydrogen (secondary N) is 1. The fourth-order valence-electron chi connectivity index (χ4n) is 5.19. The van der Waals surface area contributed by atoms with Crippen molar-refractivity contribution in [3.8, 4) is 17.2 Å². The standard InChI is InChI=1S/C33H32N6O2/c1-38-19-5-8-30(32(38)40)27-12-16-29(17-13-27)39(33(41)37-22-24-6-3-2-4-7-24)28-14-9-25(10-15-28)21-35-31-18-11-26(20-34)23-36-31/h2-8,11-13,16-19,21,23,25,28H,9-10,14-15,22H2,1H3,(H,37,41). The molecule has 0 aliphatic heterocycles. The van der Waals surface area contributed by atoms with Crippen LogP contribution >= 0.6 is 0 Å². The highest BCUT2D eigenvalue weighted by atomic mass is 16.2. The Kier molecular flexibility index (Phi) is 8.65. The molecule has 2 aromatic heterocycles. The highest BCUT2D eigenvalue weighted by Crippen LogP contribution is 2.31. The van der Waals surface area contributed by atoms with E-state index in [9.17, 15) is 9.59 Å². The smallest absolute Gasteiger partial charge is 0.322 e. The van der Waals surface area contributed by atoms with Crippen molar-refractivity contribution in [2.24, 2.45) is 18.0 Å². The average Bonchev–Trinajstić information content (AvgIpc) is 3.02. The molecule has 0 unspecified atom stereocenters. The molecule has 41 heavy (non-hydrogen) atoms. The van der Waals surface area contributed by atoms with Gasteiger partial charge in [0, 0.05) is 49.5 Å². The fraction of sp³-hybridized carbons (Fsp3) is 0.242. The zero-order valence-corrected chi connectivity index (χ0v) is 23.0. The van der Waals surface area contributed by atoms with Crippen LogP contribution in [0, 0.1) is 17.2 Å². The first-order valence-corrected chi connectivity index (χ1v) is 13.8. The van der Waals surface area contributed by atoms with E-state index >= 15 is 0 Å². The van der Waals surface area contributed by atoms with E-state index < -0.39 is 0 Å². The van der Waals surface area contributed by atoms with Gasteiger partial charge in [-0.1, -0.05) is 42.5 Å². The molecule has 8 nitrogen and oxygen atoms in total. The van der Waals surface area contributed by atoms with Crippen LogP contribution in [0.5, 0.6) is 0 Å². The minimum Gasteiger partial charge on any atom is -0.334 e. The quantitative estimate of drug-likeness (QED) is 0.288. The molecule has 8 heteroatoms. The van der Waals surface area contributed by atoms with Gasteiger partial charge in [0.1, 0.15) is 6.07 Å². The first kappa shape index (κ1) is 27.5. The topological polar surface area (TPSA) is 103 Å². The molecule has 0 radical (unpaired) electrons. The van der Waals surface area contributed by atoms with E-state index in [2.05, 4.69) is 21.4 Å². The molecule has 0 spiro atoms. The molecular formula is C33H32N6O2. The molecule has 206 valence electrons. The maximum Gasteiger partial charge on any atom is 0.322 e. The Hall–Kier alpha value is -5.03. The number of carbonyl (C=O) groups is 1. The molecule has 2 amide bonds. The summed E-state index contributed by atoms with van der Waals surface area (Å²) in [5.74, 6) is 0.871. The minimum absolute atomic E-state index is 0.0268. The van der Waals surface area contributed by atoms with Crippen molar-refractivity contribution >= 4 is 23.8 Å². The summed E-state index contributed by atoms with van der Waals surface area (Å²) in [5, 5.41) is 12.1. The Morgan fingerprint density at radius 1 is 1.05 bits per heavy atom. The number of nitriles is 1. The predicted molar refractivity (Wildman–Crippen MR) is 161 cm³/mol. The van der Waals surface area contributed by atoms with Crippen molar-refractivity contribution < 1.29 is 4.79 Å². The molecule has 0 atom stereocenters. The Balaban J connectivity index is 1.32. The maximum atomic E-state index is 13.6. The van der Waals surface area contributed by atoms with Gasteiger partial charge in [-0.2, -0.15) is 5.26 Å². The summed E-state index contributed by atoms with van der Waals surface area (Å²) in [5.41, 5.74) is 3.72. The van der Waals surface area contributed by atoms with Gasteiger partial charge < -0.3 is 9.88 Å². The second-order valence-electron chi connectivity index (χ2n) is 10.3. The first-order valence-electron chi connectivity index (χ1n) is 13.8. The van der Waals surface area contributed by atoms with Gasteiger partial charge in [-0.3, -0.25) is 9.69 Å². The number of nitrogens with zero attached hydrogens (tertiary/aromatic N) is 5. The van der Waals surface area contributed by atoms with E-state index in [0.29, 0.717) is 23.5 Å². The van der Waals surface area contributed by atoms with Crippen LogP contribution in [0.25, 0.3) is 11.1 Å². The molecular weight excluding hydrogens is 512 g/mol. The van der Waals surface area contributed by atoms with Crippen LogP contribution in [0.4, 0.5) is 16.3 Å². The fourth-order valence-corrected chi connectivity index (χ4v) is 5.19. The number of aliphatic imine (C=N–C) groups is 1. The van der Waals surface area contributed by atoms with Gasteiger partial charge >= 0.3 is 6.03 Å². The van der Waals surface area contributed by atoms with Crippen LogP contribution in [0.1, 0.15) is 36.8 Å². The van der Waals surface area contributed by atoms with Crippen LogP contribution in [0.15, 0.2) is 101 Å². The summed E-state index contributed by atoms with van der Waals surface area (Å²) in [4.78, 5) is 36.9. The molecule has 5 rings (SSSR count). The number of amides is 2. The van der Waals surface area contributed by atoms with Crippen LogP contribution in [-0.4, -0.2) is 27.8 Å². The normalized spacial score (nSPS) is 16.7. The highest BCUT2D eigenvalue weighted by Gasteiger charge is 2.29. The van der Waals surface area contributed by atoms with Gasteiger partial charge in [0.25, 0.3) is 5.56 Å². The number of benzene rings is 2. The number of carbonyl (C=O) groups excluding carboxylic acids is 1. The van der Waals surface area contributed by atoms with Gasteiger partial charge in [-0.15, -0.1) is 0 Å². The molecule has 2 heterocycles. The van der Waals surface area contributed by atoms with Gasteiger partial charge in [0.2, 0.25) is 0 Å².